The molecule has 0 N–H and O–H groups in total. The van der Waals surface area contributed by atoms with E-state index in [-0.39, 0.29) is 23.9 Å². The summed E-state index contributed by atoms with van der Waals surface area (Å²) in [5.41, 5.74) is 10.7. The van der Waals surface area contributed by atoms with Gasteiger partial charge in [0.15, 0.2) is 0 Å². The topological polar surface area (TPSA) is 22.4 Å². The van der Waals surface area contributed by atoms with E-state index in [0.29, 0.717) is 0 Å². The summed E-state index contributed by atoms with van der Waals surface area (Å²) in [6.45, 7) is 0. The maximum Gasteiger partial charge on any atom is 0.142 e. The molecule has 0 amide bonds. The Bertz CT molecular complexity index is 2880. The Morgan fingerprint density at radius 1 is 0.500 bits per heavy atom. The predicted octanol–water partition coefficient (Wildman–Crippen LogP) is 8.16. The third-order valence-corrected chi connectivity index (χ3v) is 11.2. The lowest BCUT2D eigenvalue weighted by molar-refractivity contribution is 0.279. The molecule has 0 saturated heterocycles. The normalized spacial score (nSPS) is 21.2. The van der Waals surface area contributed by atoms with E-state index in [2.05, 4.69) is 170 Å². The standard InChI is InChI=1S/C48H32O2/c1-2-17-32-29(13-1)14-12-24-33(32)30-15-11-16-31(27-30)44-36-20-3-5-22-38(36)45(39-23-6-4-21-37(39)44)46-47-40(34-18-7-9-25-42(34)49-47)28-41-35-19-8-10-26-43(35)50-48(41)46/h1-28,36,38,40,47H. The second-order valence-corrected chi connectivity index (χ2v) is 13.8. The fourth-order valence-electron chi connectivity index (χ4n) is 9.14. The molecule has 50 heavy (non-hydrogen) atoms. The average Bonchev–Trinajstić information content (AvgIpc) is 3.74. The van der Waals surface area contributed by atoms with Gasteiger partial charge in [-0.2, -0.15) is 0 Å². The van der Waals surface area contributed by atoms with Gasteiger partial charge in [0.25, 0.3) is 0 Å². The summed E-state index contributed by atoms with van der Waals surface area (Å²) in [5, 5.41) is 7.38. The van der Waals surface area contributed by atoms with Crippen LogP contribution in [0, 0.1) is 11.8 Å². The van der Waals surface area contributed by atoms with Crippen LogP contribution >= 0.6 is 0 Å². The van der Waals surface area contributed by atoms with Crippen LogP contribution in [0.1, 0.15) is 17.0 Å². The summed E-state index contributed by atoms with van der Waals surface area (Å²) >= 11 is 0. The maximum absolute atomic E-state index is 6.94. The number of hydrogen-bond acceptors (Lipinski definition) is 2. The summed E-state index contributed by atoms with van der Waals surface area (Å²) < 4.78 is 13.8. The smallest absolute Gasteiger partial charge is 0.142 e. The van der Waals surface area contributed by atoms with E-state index in [1.165, 1.54) is 65.4 Å². The molecule has 0 fully saturated rings. The summed E-state index contributed by atoms with van der Waals surface area (Å²) in [4.78, 5) is 0. The number of fused-ring (bicyclic) bond motifs is 9. The van der Waals surface area contributed by atoms with Crippen molar-refractivity contribution in [3.63, 3.8) is 0 Å². The van der Waals surface area contributed by atoms with Gasteiger partial charge >= 0.3 is 0 Å². The van der Waals surface area contributed by atoms with Crippen LogP contribution in [0.15, 0.2) is 168 Å². The third kappa shape index (κ3) is 3.96. The van der Waals surface area contributed by atoms with Gasteiger partial charge in [-0.15, -0.1) is 0 Å². The van der Waals surface area contributed by atoms with Gasteiger partial charge in [-0.25, -0.2) is 0 Å². The quantitative estimate of drug-likeness (QED) is 0.195. The largest absolute Gasteiger partial charge is 0.484 e. The van der Waals surface area contributed by atoms with Crippen LogP contribution in [-0.2, 0) is 0 Å². The highest BCUT2D eigenvalue weighted by Crippen LogP contribution is 2.49. The van der Waals surface area contributed by atoms with E-state index in [4.69, 9.17) is 9.15 Å². The van der Waals surface area contributed by atoms with Crippen molar-refractivity contribution in [2.45, 2.75) is 12.0 Å². The minimum atomic E-state index is -0.181. The van der Waals surface area contributed by atoms with E-state index in [9.17, 15) is 0 Å². The summed E-state index contributed by atoms with van der Waals surface area (Å²) in [5.74, 6) is 1.30. The lowest BCUT2D eigenvalue weighted by atomic mass is 9.68. The van der Waals surface area contributed by atoms with Gasteiger partial charge in [-0.3, -0.25) is 0 Å². The highest BCUT2D eigenvalue weighted by atomic mass is 16.5. The fourth-order valence-corrected chi connectivity index (χ4v) is 9.14. The molecule has 2 heteroatoms. The minimum absolute atomic E-state index is 0.0960. The monoisotopic (exact) mass is 640 g/mol. The van der Waals surface area contributed by atoms with Gasteiger partial charge in [0.1, 0.15) is 22.9 Å². The number of hydrogen-bond donors (Lipinski definition) is 0. The SMILES string of the molecule is C1=CC2C(C3=c4oc5ccccc5c4=CC4c5ccccc5OC34)=c3ccccc3=C(c3cccc(-c4cccc5ccccc45)c3)C2C=C1. The molecule has 11 rings (SSSR count). The van der Waals surface area contributed by atoms with Crippen molar-refractivity contribution in [2.24, 2.45) is 11.8 Å². The number of rotatable bonds is 3. The second-order valence-electron chi connectivity index (χ2n) is 13.8. The molecule has 1 aliphatic heterocycles. The Kier molecular flexibility index (Phi) is 5.94. The molecule has 0 saturated carbocycles. The Morgan fingerprint density at radius 3 is 2.08 bits per heavy atom. The van der Waals surface area contributed by atoms with Crippen molar-refractivity contribution in [3.05, 3.63) is 196 Å². The number of para-hydroxylation sites is 2. The number of ether oxygens (including phenoxy) is 1. The van der Waals surface area contributed by atoms with Crippen molar-refractivity contribution in [2.75, 3.05) is 0 Å². The molecule has 6 aromatic carbocycles. The van der Waals surface area contributed by atoms with Crippen molar-refractivity contribution in [1.29, 1.82) is 0 Å². The highest BCUT2D eigenvalue weighted by molar-refractivity contribution is 6.00. The Balaban J connectivity index is 1.23. The Hall–Kier alpha value is -6.12. The van der Waals surface area contributed by atoms with E-state index in [1.807, 2.05) is 0 Å². The van der Waals surface area contributed by atoms with Crippen LogP contribution in [0.5, 0.6) is 5.75 Å². The minimum Gasteiger partial charge on any atom is -0.484 e. The first-order chi connectivity index (χ1) is 24.8. The molecule has 0 bridgehead atoms. The molecular weight excluding hydrogens is 609 g/mol. The van der Waals surface area contributed by atoms with E-state index >= 15 is 0 Å². The van der Waals surface area contributed by atoms with Crippen LogP contribution < -0.4 is 25.8 Å². The lowest BCUT2D eigenvalue weighted by Crippen LogP contribution is -2.45. The van der Waals surface area contributed by atoms with Crippen molar-refractivity contribution in [3.8, 4) is 16.9 Å². The van der Waals surface area contributed by atoms with Crippen LogP contribution in [0.4, 0.5) is 0 Å². The summed E-state index contributed by atoms with van der Waals surface area (Å²) in [6, 6.07) is 50.4. The zero-order valence-corrected chi connectivity index (χ0v) is 27.3. The van der Waals surface area contributed by atoms with E-state index in [0.717, 1.165) is 22.1 Å². The van der Waals surface area contributed by atoms with E-state index in [1.54, 1.807) is 0 Å². The van der Waals surface area contributed by atoms with Gasteiger partial charge in [0.2, 0.25) is 0 Å². The average molecular weight is 641 g/mol. The van der Waals surface area contributed by atoms with Gasteiger partial charge in [0, 0.05) is 39.5 Å². The van der Waals surface area contributed by atoms with Crippen molar-refractivity contribution < 1.29 is 9.15 Å². The first-order valence-electron chi connectivity index (χ1n) is 17.6. The molecule has 3 aliphatic carbocycles. The van der Waals surface area contributed by atoms with Crippen LogP contribution in [0.25, 0.3) is 55.7 Å². The molecule has 4 atom stereocenters. The number of furan rings is 1. The molecule has 0 radical (unpaired) electrons. The third-order valence-electron chi connectivity index (χ3n) is 11.2. The predicted molar refractivity (Wildman–Crippen MR) is 203 cm³/mol. The molecule has 0 spiro atoms. The van der Waals surface area contributed by atoms with Gasteiger partial charge in [-0.05, 0) is 67.2 Å². The molecule has 2 heterocycles. The highest BCUT2D eigenvalue weighted by Gasteiger charge is 2.43. The summed E-state index contributed by atoms with van der Waals surface area (Å²) in [7, 11) is 0. The van der Waals surface area contributed by atoms with Crippen LogP contribution in [-0.4, -0.2) is 6.10 Å². The van der Waals surface area contributed by atoms with Crippen molar-refractivity contribution >= 4 is 44.5 Å². The number of benzene rings is 6. The molecule has 4 unspecified atom stereocenters. The summed E-state index contributed by atoms with van der Waals surface area (Å²) in [6.07, 6.45) is 11.4. The zero-order chi connectivity index (χ0) is 32.8. The lowest BCUT2D eigenvalue weighted by Gasteiger charge is -2.36. The van der Waals surface area contributed by atoms with Crippen molar-refractivity contribution in [1.82, 2.24) is 0 Å². The molecule has 1 aromatic heterocycles. The Labute approximate surface area is 289 Å². The van der Waals surface area contributed by atoms with Crippen LogP contribution in [0.2, 0.25) is 0 Å². The van der Waals surface area contributed by atoms with Gasteiger partial charge < -0.3 is 9.15 Å². The first-order valence-corrected chi connectivity index (χ1v) is 17.6. The van der Waals surface area contributed by atoms with Gasteiger partial charge in [-0.1, -0.05) is 152 Å². The second kappa shape index (κ2) is 10.7. The molecule has 236 valence electrons. The molecule has 4 aliphatic rings. The fraction of sp³-hybridized carbons (Fsp3) is 0.0833. The zero-order valence-electron chi connectivity index (χ0n) is 27.3. The number of allylic oxidation sites excluding steroid dienone is 4. The Morgan fingerprint density at radius 2 is 1.18 bits per heavy atom. The first kappa shape index (κ1) is 27.8. The molecule has 7 aromatic rings. The molecule has 2 nitrogen and oxygen atoms in total. The van der Waals surface area contributed by atoms with Gasteiger partial charge in [0.05, 0.1) is 0 Å². The van der Waals surface area contributed by atoms with Crippen LogP contribution in [0.3, 0.4) is 0 Å². The molecular formula is C48H32O2. The maximum atomic E-state index is 6.94. The van der Waals surface area contributed by atoms with E-state index < -0.39 is 0 Å².